The van der Waals surface area contributed by atoms with Gasteiger partial charge in [-0.3, -0.25) is 4.79 Å². The van der Waals surface area contributed by atoms with Crippen LogP contribution in [-0.4, -0.2) is 41.9 Å². The summed E-state index contributed by atoms with van der Waals surface area (Å²) in [5.41, 5.74) is 5.51. The van der Waals surface area contributed by atoms with Crippen LogP contribution in [0.15, 0.2) is 0 Å². The quantitative estimate of drug-likeness (QED) is 0.686. The topological polar surface area (TPSA) is 46.3 Å². The minimum absolute atomic E-state index is 0. The molecule has 1 amide bonds. The first kappa shape index (κ1) is 18.4. The van der Waals surface area contributed by atoms with Gasteiger partial charge in [0.15, 0.2) is 0 Å². The van der Waals surface area contributed by atoms with Crippen molar-refractivity contribution in [2.45, 2.75) is 39.2 Å². The summed E-state index contributed by atoms with van der Waals surface area (Å²) in [6, 6.07) is 0.151. The lowest BCUT2D eigenvalue weighted by molar-refractivity contribution is -0.131. The van der Waals surface area contributed by atoms with Crippen molar-refractivity contribution >= 4 is 30.1 Å². The molecule has 16 heavy (non-hydrogen) atoms. The minimum atomic E-state index is 0. The van der Waals surface area contributed by atoms with Crippen molar-refractivity contribution in [1.82, 2.24) is 4.90 Å². The lowest BCUT2D eigenvalue weighted by Gasteiger charge is -2.23. The van der Waals surface area contributed by atoms with Gasteiger partial charge in [0.05, 0.1) is 0 Å². The van der Waals surface area contributed by atoms with Gasteiger partial charge in [0.2, 0.25) is 5.91 Å². The summed E-state index contributed by atoms with van der Waals surface area (Å²) in [6.45, 7) is 4.69. The minimum Gasteiger partial charge on any atom is -0.342 e. The summed E-state index contributed by atoms with van der Waals surface area (Å²) in [6.07, 6.45) is 3.11. The number of hydrogen-bond donors (Lipinski definition) is 1. The van der Waals surface area contributed by atoms with E-state index in [2.05, 4.69) is 6.92 Å². The smallest absolute Gasteiger partial charge is 0.223 e. The Balaban J connectivity index is 0. The van der Waals surface area contributed by atoms with Gasteiger partial charge in [-0.25, -0.2) is 0 Å². The monoisotopic (exact) mass is 268 g/mol. The molecule has 1 unspecified atom stereocenters. The average molecular weight is 269 g/mol. The van der Waals surface area contributed by atoms with Crippen LogP contribution in [-0.2, 0) is 4.79 Å². The number of carbonyl (C=O) groups excluding carboxylic acids is 1. The summed E-state index contributed by atoms with van der Waals surface area (Å²) in [5, 5.41) is 0. The fraction of sp³-hybridized carbons (Fsp3) is 0.909. The van der Waals surface area contributed by atoms with Crippen molar-refractivity contribution in [2.75, 3.05) is 25.1 Å². The van der Waals surface area contributed by atoms with E-state index in [1.165, 1.54) is 18.6 Å². The number of carbonyl (C=O) groups is 1. The van der Waals surface area contributed by atoms with Gasteiger partial charge < -0.3 is 10.6 Å². The Kier molecular flexibility index (Phi) is 13.3. The molecule has 2 N–H and O–H groups in total. The molecule has 5 heteroatoms. The fourth-order valence-electron chi connectivity index (χ4n) is 1.09. The molecule has 0 radical (unpaired) electrons. The van der Waals surface area contributed by atoms with E-state index >= 15 is 0 Å². The third kappa shape index (κ3) is 8.25. The molecule has 0 aliphatic heterocycles. The summed E-state index contributed by atoms with van der Waals surface area (Å²) < 4.78 is 0. The highest BCUT2D eigenvalue weighted by Gasteiger charge is 2.13. The van der Waals surface area contributed by atoms with E-state index in [0.29, 0.717) is 13.0 Å². The van der Waals surface area contributed by atoms with Crippen molar-refractivity contribution in [1.29, 1.82) is 0 Å². The Morgan fingerprint density at radius 1 is 1.44 bits per heavy atom. The normalized spacial score (nSPS) is 11.8. The molecular weight excluding hydrogens is 244 g/mol. The van der Waals surface area contributed by atoms with E-state index in [1.807, 2.05) is 25.7 Å². The largest absolute Gasteiger partial charge is 0.342 e. The van der Waals surface area contributed by atoms with E-state index in [1.54, 1.807) is 4.90 Å². The van der Waals surface area contributed by atoms with E-state index in [0.717, 1.165) is 5.75 Å². The Hall–Kier alpha value is 0.0700. The molecule has 0 aromatic carbocycles. The van der Waals surface area contributed by atoms with Gasteiger partial charge in [0.25, 0.3) is 0 Å². The van der Waals surface area contributed by atoms with Crippen molar-refractivity contribution in [3.8, 4) is 0 Å². The van der Waals surface area contributed by atoms with E-state index in [4.69, 9.17) is 5.73 Å². The highest BCUT2D eigenvalue weighted by atomic mass is 35.5. The van der Waals surface area contributed by atoms with Gasteiger partial charge >= 0.3 is 0 Å². The molecule has 0 saturated heterocycles. The zero-order chi connectivity index (χ0) is 11.7. The third-order valence-corrected chi connectivity index (χ3v) is 3.57. The molecule has 98 valence electrons. The lowest BCUT2D eigenvalue weighted by Crippen LogP contribution is -2.39. The molecule has 0 aromatic heterocycles. The maximum Gasteiger partial charge on any atom is 0.223 e. The molecule has 0 aliphatic rings. The van der Waals surface area contributed by atoms with Crippen molar-refractivity contribution in [2.24, 2.45) is 5.73 Å². The van der Waals surface area contributed by atoms with E-state index in [-0.39, 0.29) is 24.4 Å². The van der Waals surface area contributed by atoms with Crippen LogP contribution in [0.25, 0.3) is 0 Å². The maximum absolute atomic E-state index is 11.6. The summed E-state index contributed by atoms with van der Waals surface area (Å²) in [4.78, 5) is 13.4. The number of nitrogens with zero attached hydrogens (tertiary/aromatic N) is 1. The van der Waals surface area contributed by atoms with Crippen LogP contribution in [0.2, 0.25) is 0 Å². The number of nitrogens with two attached hydrogens (primary N) is 1. The first-order chi connectivity index (χ1) is 7.13. The number of hydrogen-bond acceptors (Lipinski definition) is 3. The van der Waals surface area contributed by atoms with Gasteiger partial charge in [0.1, 0.15) is 0 Å². The van der Waals surface area contributed by atoms with E-state index in [9.17, 15) is 4.79 Å². The van der Waals surface area contributed by atoms with Gasteiger partial charge in [0, 0.05) is 31.8 Å². The maximum atomic E-state index is 11.6. The predicted octanol–water partition coefficient (Wildman–Crippen LogP) is 2.14. The first-order valence-corrected chi connectivity index (χ1v) is 6.82. The number of thioether (sulfide) groups is 1. The van der Waals surface area contributed by atoms with E-state index < -0.39 is 0 Å². The highest BCUT2D eigenvalue weighted by molar-refractivity contribution is 7.99. The summed E-state index contributed by atoms with van der Waals surface area (Å²) in [7, 11) is 1.83. The second-order valence-electron chi connectivity index (χ2n) is 3.81. The second kappa shape index (κ2) is 11.6. The zero-order valence-electron chi connectivity index (χ0n) is 10.6. The van der Waals surface area contributed by atoms with Crippen LogP contribution < -0.4 is 5.73 Å². The second-order valence-corrected chi connectivity index (χ2v) is 5.03. The predicted molar refractivity (Wildman–Crippen MR) is 75.4 cm³/mol. The molecule has 0 spiro atoms. The van der Waals surface area contributed by atoms with Gasteiger partial charge in [-0.05, 0) is 19.1 Å². The summed E-state index contributed by atoms with van der Waals surface area (Å²) >= 11 is 1.86. The van der Waals surface area contributed by atoms with Crippen molar-refractivity contribution < 1.29 is 4.79 Å². The van der Waals surface area contributed by atoms with Crippen LogP contribution in [0.4, 0.5) is 0 Å². The first-order valence-electron chi connectivity index (χ1n) is 5.67. The molecule has 0 heterocycles. The molecule has 0 aromatic rings. The van der Waals surface area contributed by atoms with Crippen molar-refractivity contribution in [3.05, 3.63) is 0 Å². The number of halogens is 1. The number of likely N-dealkylation sites (N-methyl/N-ethyl adjacent to an activating group) is 1. The highest BCUT2D eigenvalue weighted by Crippen LogP contribution is 2.08. The average Bonchev–Trinajstić information content (AvgIpc) is 2.26. The number of amides is 1. The Morgan fingerprint density at radius 3 is 2.56 bits per heavy atom. The lowest BCUT2D eigenvalue weighted by atomic mass is 10.3. The standard InChI is InChI=1S/C11H24N2OS.ClH/c1-4-5-7-15-8-6-11(14)13(3)10(2)9-12;/h10H,4-9,12H2,1-3H3;1H. The van der Waals surface area contributed by atoms with Gasteiger partial charge in [-0.1, -0.05) is 13.3 Å². The van der Waals surface area contributed by atoms with Crippen molar-refractivity contribution in [3.63, 3.8) is 0 Å². The van der Waals surface area contributed by atoms with Crippen LogP contribution in [0.3, 0.4) is 0 Å². The Morgan fingerprint density at radius 2 is 2.06 bits per heavy atom. The van der Waals surface area contributed by atoms with Gasteiger partial charge in [-0.2, -0.15) is 11.8 Å². The van der Waals surface area contributed by atoms with Crippen LogP contribution in [0.5, 0.6) is 0 Å². The van der Waals surface area contributed by atoms with Gasteiger partial charge in [-0.15, -0.1) is 12.4 Å². The third-order valence-electron chi connectivity index (χ3n) is 2.50. The molecule has 0 bridgehead atoms. The Bertz CT molecular complexity index is 181. The molecule has 3 nitrogen and oxygen atoms in total. The molecule has 1 atom stereocenters. The molecule has 0 rings (SSSR count). The fourth-order valence-corrected chi connectivity index (χ4v) is 2.10. The Labute approximate surface area is 110 Å². The number of rotatable bonds is 8. The molecule has 0 fully saturated rings. The SMILES string of the molecule is CCCCSCCC(=O)N(C)C(C)CN.Cl. The molecule has 0 aliphatic carbocycles. The molecule has 0 saturated carbocycles. The van der Waals surface area contributed by atoms with Crippen LogP contribution in [0.1, 0.15) is 33.1 Å². The van der Waals surface area contributed by atoms with Crippen LogP contribution in [0, 0.1) is 0 Å². The summed E-state index contributed by atoms with van der Waals surface area (Å²) in [5.74, 6) is 2.30. The van der Waals surface area contributed by atoms with Crippen LogP contribution >= 0.6 is 24.2 Å². The molecular formula is C11H25ClN2OS. The zero-order valence-corrected chi connectivity index (χ0v) is 12.2. The number of unbranched alkanes of at least 4 members (excludes halogenated alkanes) is 1.